The van der Waals surface area contributed by atoms with Crippen LogP contribution < -0.4 is 8.92 Å². The lowest BCUT2D eigenvalue weighted by molar-refractivity contribution is 0.389. The van der Waals surface area contributed by atoms with Gasteiger partial charge in [0, 0.05) is 0 Å². The molecule has 2 rings (SSSR count). The summed E-state index contributed by atoms with van der Waals surface area (Å²) in [6.07, 6.45) is 0. The highest BCUT2D eigenvalue weighted by atomic mass is 32.2. The Bertz CT molecular complexity index is 705. The second kappa shape index (κ2) is 5.42. The fraction of sp³-hybridized carbons (Fsp3) is 0.143. The van der Waals surface area contributed by atoms with Crippen LogP contribution in [0.3, 0.4) is 0 Å². The Morgan fingerprint density at radius 2 is 1.70 bits per heavy atom. The van der Waals surface area contributed by atoms with Gasteiger partial charge in [0.15, 0.2) is 11.5 Å². The minimum Gasteiger partial charge on any atom is -0.508 e. The summed E-state index contributed by atoms with van der Waals surface area (Å²) in [6.45, 7) is 1.73. The number of ether oxygens (including phenoxy) is 1. The van der Waals surface area contributed by atoms with Crippen molar-refractivity contribution >= 4 is 10.1 Å². The lowest BCUT2D eigenvalue weighted by Gasteiger charge is -2.12. The van der Waals surface area contributed by atoms with Gasteiger partial charge in [-0.25, -0.2) is 0 Å². The largest absolute Gasteiger partial charge is 0.508 e. The fourth-order valence-corrected chi connectivity index (χ4v) is 2.66. The molecule has 0 aliphatic rings. The van der Waals surface area contributed by atoms with Crippen molar-refractivity contribution in [2.75, 3.05) is 7.11 Å². The molecule has 2 aromatic rings. The number of rotatable bonds is 4. The summed E-state index contributed by atoms with van der Waals surface area (Å²) in [6, 6.07) is 10.2. The molecule has 0 fully saturated rings. The summed E-state index contributed by atoms with van der Waals surface area (Å²) in [5.74, 6) is 0.479. The second-order valence-corrected chi connectivity index (χ2v) is 5.68. The van der Waals surface area contributed by atoms with Gasteiger partial charge in [-0.1, -0.05) is 12.1 Å². The molecule has 0 spiro atoms. The number of aromatic hydroxyl groups is 1. The first-order chi connectivity index (χ1) is 9.44. The number of aryl methyl sites for hydroxylation is 1. The van der Waals surface area contributed by atoms with Crippen molar-refractivity contribution in [3.8, 4) is 17.2 Å². The molecule has 0 heterocycles. The molecule has 0 amide bonds. The van der Waals surface area contributed by atoms with Gasteiger partial charge in [-0.15, -0.1) is 0 Å². The number of hydrogen-bond acceptors (Lipinski definition) is 5. The molecule has 1 N–H and O–H groups in total. The van der Waals surface area contributed by atoms with Crippen LogP contribution in [0.15, 0.2) is 47.4 Å². The van der Waals surface area contributed by atoms with E-state index in [-0.39, 0.29) is 16.4 Å². The molecule has 0 unspecified atom stereocenters. The molecule has 106 valence electrons. The van der Waals surface area contributed by atoms with E-state index in [0.29, 0.717) is 11.3 Å². The molecule has 5 nitrogen and oxygen atoms in total. The average Bonchev–Trinajstić information content (AvgIpc) is 2.41. The van der Waals surface area contributed by atoms with Crippen molar-refractivity contribution in [3.63, 3.8) is 0 Å². The molecule has 0 saturated carbocycles. The molecule has 0 radical (unpaired) electrons. The molecule has 0 bridgehead atoms. The topological polar surface area (TPSA) is 72.8 Å². The van der Waals surface area contributed by atoms with Crippen molar-refractivity contribution in [2.24, 2.45) is 0 Å². The van der Waals surface area contributed by atoms with E-state index in [2.05, 4.69) is 0 Å². The number of phenols is 1. The maximum atomic E-state index is 12.2. The Labute approximate surface area is 117 Å². The Morgan fingerprint density at radius 1 is 1.05 bits per heavy atom. The molecule has 0 saturated heterocycles. The zero-order valence-corrected chi connectivity index (χ0v) is 11.8. The van der Waals surface area contributed by atoms with E-state index >= 15 is 0 Å². The summed E-state index contributed by atoms with van der Waals surface area (Å²) < 4.78 is 34.6. The van der Waals surface area contributed by atoms with Crippen LogP contribution in [-0.2, 0) is 10.1 Å². The van der Waals surface area contributed by atoms with E-state index in [0.717, 1.165) is 0 Å². The minimum atomic E-state index is -3.98. The zero-order valence-electron chi connectivity index (χ0n) is 11.0. The molecule has 0 atom stereocenters. The monoisotopic (exact) mass is 294 g/mol. The molecule has 2 aromatic carbocycles. The van der Waals surface area contributed by atoms with Crippen molar-refractivity contribution in [1.29, 1.82) is 0 Å². The molecule has 0 aliphatic heterocycles. The molecular weight excluding hydrogens is 280 g/mol. The highest BCUT2D eigenvalue weighted by Gasteiger charge is 2.20. The van der Waals surface area contributed by atoms with Gasteiger partial charge in [0.2, 0.25) is 0 Å². The quantitative estimate of drug-likeness (QED) is 0.877. The van der Waals surface area contributed by atoms with Crippen LogP contribution in [0.25, 0.3) is 0 Å². The van der Waals surface area contributed by atoms with E-state index in [1.807, 2.05) is 0 Å². The third-order valence-corrected chi connectivity index (χ3v) is 3.95. The third kappa shape index (κ3) is 2.85. The van der Waals surface area contributed by atoms with Crippen LogP contribution in [0.1, 0.15) is 5.56 Å². The Morgan fingerprint density at radius 3 is 2.30 bits per heavy atom. The lowest BCUT2D eigenvalue weighted by atomic mass is 10.2. The van der Waals surface area contributed by atoms with Crippen LogP contribution in [0.2, 0.25) is 0 Å². The number of benzene rings is 2. The first-order valence-corrected chi connectivity index (χ1v) is 7.22. The van der Waals surface area contributed by atoms with Gasteiger partial charge >= 0.3 is 10.1 Å². The Hall–Kier alpha value is -2.21. The van der Waals surface area contributed by atoms with Gasteiger partial charge in [-0.3, -0.25) is 0 Å². The number of methoxy groups -OCH3 is 1. The molecule has 20 heavy (non-hydrogen) atoms. The lowest BCUT2D eigenvalue weighted by Crippen LogP contribution is -2.11. The van der Waals surface area contributed by atoms with Gasteiger partial charge in [0.25, 0.3) is 0 Å². The molecule has 6 heteroatoms. The fourth-order valence-electron chi connectivity index (χ4n) is 1.66. The van der Waals surface area contributed by atoms with Gasteiger partial charge in [0.05, 0.1) is 7.11 Å². The first-order valence-electron chi connectivity index (χ1n) is 5.81. The van der Waals surface area contributed by atoms with E-state index < -0.39 is 10.1 Å². The van der Waals surface area contributed by atoms with Gasteiger partial charge in [-0.2, -0.15) is 8.42 Å². The smallest absolute Gasteiger partial charge is 0.339 e. The summed E-state index contributed by atoms with van der Waals surface area (Å²) in [4.78, 5) is -0.0411. The van der Waals surface area contributed by atoms with Crippen molar-refractivity contribution in [1.82, 2.24) is 0 Å². The second-order valence-electron chi connectivity index (χ2n) is 4.14. The van der Waals surface area contributed by atoms with Gasteiger partial charge < -0.3 is 14.0 Å². The van der Waals surface area contributed by atoms with Crippen LogP contribution in [0.4, 0.5) is 0 Å². The van der Waals surface area contributed by atoms with Crippen LogP contribution in [-0.4, -0.2) is 20.6 Å². The average molecular weight is 294 g/mol. The highest BCUT2D eigenvalue weighted by Crippen LogP contribution is 2.33. The normalized spacial score (nSPS) is 11.1. The van der Waals surface area contributed by atoms with Crippen molar-refractivity contribution in [2.45, 2.75) is 11.8 Å². The van der Waals surface area contributed by atoms with E-state index in [1.54, 1.807) is 25.1 Å². The van der Waals surface area contributed by atoms with Crippen LogP contribution >= 0.6 is 0 Å². The van der Waals surface area contributed by atoms with Gasteiger partial charge in [0.1, 0.15) is 10.6 Å². The van der Waals surface area contributed by atoms with Crippen molar-refractivity contribution in [3.05, 3.63) is 48.0 Å². The SMILES string of the molecule is COc1cccc(C)c1OS(=O)(=O)c1ccc(O)cc1. The van der Waals surface area contributed by atoms with Crippen LogP contribution in [0, 0.1) is 6.92 Å². The number of para-hydroxylation sites is 1. The Kier molecular flexibility index (Phi) is 3.85. The predicted molar refractivity (Wildman–Crippen MR) is 73.7 cm³/mol. The maximum Gasteiger partial charge on any atom is 0.339 e. The third-order valence-electron chi connectivity index (χ3n) is 2.71. The first kappa shape index (κ1) is 14.2. The minimum absolute atomic E-state index is 0.0163. The standard InChI is InChI=1S/C14H14O5S/c1-10-4-3-5-13(18-2)14(10)19-20(16,17)12-8-6-11(15)7-9-12/h3-9,15H,1-2H3. The summed E-state index contributed by atoms with van der Waals surface area (Å²) >= 11 is 0. The maximum absolute atomic E-state index is 12.2. The van der Waals surface area contributed by atoms with E-state index in [1.165, 1.54) is 31.4 Å². The zero-order chi connectivity index (χ0) is 14.8. The predicted octanol–water partition coefficient (Wildman–Crippen LogP) is 2.48. The van der Waals surface area contributed by atoms with E-state index in [9.17, 15) is 13.5 Å². The summed E-state index contributed by atoms with van der Waals surface area (Å²) in [5.41, 5.74) is 0.645. The highest BCUT2D eigenvalue weighted by molar-refractivity contribution is 7.87. The number of hydrogen-bond donors (Lipinski definition) is 1. The summed E-state index contributed by atoms with van der Waals surface area (Å²) in [5, 5.41) is 9.18. The van der Waals surface area contributed by atoms with E-state index in [4.69, 9.17) is 8.92 Å². The number of phenolic OH excluding ortho intramolecular Hbond substituents is 1. The molecular formula is C14H14O5S. The van der Waals surface area contributed by atoms with Crippen LogP contribution in [0.5, 0.6) is 17.2 Å². The van der Waals surface area contributed by atoms with Crippen molar-refractivity contribution < 1.29 is 22.4 Å². The Balaban J connectivity index is 2.41. The molecule has 0 aliphatic carbocycles. The van der Waals surface area contributed by atoms with Gasteiger partial charge in [-0.05, 0) is 42.8 Å². The molecule has 0 aromatic heterocycles. The summed E-state index contributed by atoms with van der Waals surface area (Å²) in [7, 11) is -2.54.